The van der Waals surface area contributed by atoms with Gasteiger partial charge in [0, 0.05) is 0 Å². The molecule has 0 saturated heterocycles. The molecule has 0 amide bonds. The van der Waals surface area contributed by atoms with Gasteiger partial charge in [-0.15, -0.1) is 0 Å². The van der Waals surface area contributed by atoms with Gasteiger partial charge in [0.05, 0.1) is 0 Å². The molecule has 0 fully saturated rings. The fourth-order valence-corrected chi connectivity index (χ4v) is 2.90. The molecule has 0 spiro atoms. The average Bonchev–Trinajstić information content (AvgIpc) is 2.48. The van der Waals surface area contributed by atoms with Gasteiger partial charge in [0.1, 0.15) is 0 Å². The van der Waals surface area contributed by atoms with E-state index < -0.39 is 0 Å². The Balaban J connectivity index is 0.000000704. The van der Waals surface area contributed by atoms with Crippen molar-refractivity contribution < 1.29 is 0 Å². The molecule has 0 radical (unpaired) electrons. The van der Waals surface area contributed by atoms with E-state index in [0.717, 1.165) is 0 Å². The minimum atomic E-state index is 0.620. The summed E-state index contributed by atoms with van der Waals surface area (Å²) in [5.41, 5.74) is 8.76. The van der Waals surface area contributed by atoms with Gasteiger partial charge in [-0.05, 0) is 53.5 Å². The summed E-state index contributed by atoms with van der Waals surface area (Å²) < 4.78 is 0. The predicted octanol–water partition coefficient (Wildman–Crippen LogP) is 5.91. The maximum Gasteiger partial charge on any atom is -0.0149 e. The summed E-state index contributed by atoms with van der Waals surface area (Å²) in [6, 6.07) is 13.9. The molecule has 0 N–H and O–H groups in total. The molecule has 0 heterocycles. The van der Waals surface area contributed by atoms with E-state index in [4.69, 9.17) is 0 Å². The van der Waals surface area contributed by atoms with Crippen LogP contribution in [0.5, 0.6) is 0 Å². The van der Waals surface area contributed by atoms with Crippen molar-refractivity contribution in [1.29, 1.82) is 0 Å². The zero-order valence-electron chi connectivity index (χ0n) is 13.5. The standard InChI is InChI=1S/C18H20.C2H6/c1-12(2)14-7-9-18-16(11-14)6-5-15-10-13(3)4-8-17(15)18;1-2/h4,7-12H,5-6H2,1-3H3;1-2H3. The molecule has 106 valence electrons. The predicted molar refractivity (Wildman–Crippen MR) is 89.5 cm³/mol. The molecule has 0 bridgehead atoms. The molecular formula is C20H26. The first-order valence-electron chi connectivity index (χ1n) is 7.88. The summed E-state index contributed by atoms with van der Waals surface area (Å²) in [7, 11) is 0. The molecule has 3 rings (SSSR count). The first-order chi connectivity index (χ1) is 9.65. The highest BCUT2D eigenvalue weighted by Gasteiger charge is 2.16. The molecule has 0 atom stereocenters. The van der Waals surface area contributed by atoms with E-state index in [1.807, 2.05) is 13.8 Å². The van der Waals surface area contributed by atoms with Crippen molar-refractivity contribution in [2.45, 2.75) is 53.4 Å². The van der Waals surface area contributed by atoms with E-state index in [1.165, 1.54) is 46.2 Å². The van der Waals surface area contributed by atoms with E-state index in [0.29, 0.717) is 5.92 Å². The van der Waals surface area contributed by atoms with Crippen LogP contribution in [0.25, 0.3) is 11.1 Å². The van der Waals surface area contributed by atoms with Crippen molar-refractivity contribution in [2.24, 2.45) is 0 Å². The Morgan fingerprint density at radius 2 is 1.35 bits per heavy atom. The summed E-state index contributed by atoms with van der Waals surface area (Å²) in [5, 5.41) is 0. The van der Waals surface area contributed by atoms with Crippen LogP contribution in [0.2, 0.25) is 0 Å². The monoisotopic (exact) mass is 266 g/mol. The lowest BCUT2D eigenvalue weighted by Gasteiger charge is -2.21. The summed E-state index contributed by atoms with van der Waals surface area (Å²) >= 11 is 0. The van der Waals surface area contributed by atoms with Crippen molar-refractivity contribution in [3.05, 3.63) is 58.7 Å². The quantitative estimate of drug-likeness (QED) is 0.602. The third-order valence-corrected chi connectivity index (χ3v) is 4.01. The van der Waals surface area contributed by atoms with Gasteiger partial charge in [-0.25, -0.2) is 0 Å². The average molecular weight is 266 g/mol. The number of fused-ring (bicyclic) bond motifs is 3. The Morgan fingerprint density at radius 1 is 0.800 bits per heavy atom. The van der Waals surface area contributed by atoms with Gasteiger partial charge >= 0.3 is 0 Å². The minimum absolute atomic E-state index is 0.620. The van der Waals surface area contributed by atoms with Gasteiger partial charge in [0.25, 0.3) is 0 Å². The summed E-state index contributed by atoms with van der Waals surface area (Å²) in [6.07, 6.45) is 2.37. The van der Waals surface area contributed by atoms with Crippen molar-refractivity contribution >= 4 is 0 Å². The Kier molecular flexibility index (Phi) is 4.65. The Labute approximate surface area is 123 Å². The van der Waals surface area contributed by atoms with Crippen LogP contribution in [-0.2, 0) is 12.8 Å². The maximum absolute atomic E-state index is 2.41. The first kappa shape index (κ1) is 14.8. The van der Waals surface area contributed by atoms with Gasteiger partial charge in [-0.3, -0.25) is 0 Å². The lowest BCUT2D eigenvalue weighted by Crippen LogP contribution is -2.05. The van der Waals surface area contributed by atoms with Crippen LogP contribution in [0.1, 0.15) is 55.9 Å². The molecule has 2 aromatic rings. The van der Waals surface area contributed by atoms with Crippen LogP contribution in [0.3, 0.4) is 0 Å². The topological polar surface area (TPSA) is 0 Å². The van der Waals surface area contributed by atoms with Crippen LogP contribution in [0.4, 0.5) is 0 Å². The zero-order valence-corrected chi connectivity index (χ0v) is 13.5. The van der Waals surface area contributed by atoms with E-state index in [1.54, 1.807) is 0 Å². The molecule has 1 aliphatic rings. The summed E-state index contributed by atoms with van der Waals surface area (Å²) in [5.74, 6) is 0.620. The lowest BCUT2D eigenvalue weighted by atomic mass is 9.83. The molecule has 0 saturated carbocycles. The fourth-order valence-electron chi connectivity index (χ4n) is 2.90. The van der Waals surface area contributed by atoms with Crippen molar-refractivity contribution in [1.82, 2.24) is 0 Å². The Bertz CT molecular complexity index is 591. The van der Waals surface area contributed by atoms with Gasteiger partial charge in [0.15, 0.2) is 0 Å². The highest BCUT2D eigenvalue weighted by atomic mass is 14.2. The molecule has 0 aromatic heterocycles. The smallest absolute Gasteiger partial charge is 0.0149 e. The van der Waals surface area contributed by atoms with Crippen molar-refractivity contribution in [2.75, 3.05) is 0 Å². The summed E-state index contributed by atoms with van der Waals surface area (Å²) in [4.78, 5) is 0. The second-order valence-electron chi connectivity index (χ2n) is 5.73. The van der Waals surface area contributed by atoms with Gasteiger partial charge in [-0.1, -0.05) is 69.7 Å². The van der Waals surface area contributed by atoms with Gasteiger partial charge in [-0.2, -0.15) is 0 Å². The molecule has 20 heavy (non-hydrogen) atoms. The van der Waals surface area contributed by atoms with E-state index >= 15 is 0 Å². The number of benzene rings is 2. The van der Waals surface area contributed by atoms with E-state index in [2.05, 4.69) is 57.2 Å². The van der Waals surface area contributed by atoms with Gasteiger partial charge < -0.3 is 0 Å². The molecule has 2 aromatic carbocycles. The SMILES string of the molecule is CC.Cc1ccc2c(c1)CCc1cc(C(C)C)ccc1-2. The van der Waals surface area contributed by atoms with Crippen LogP contribution in [0.15, 0.2) is 36.4 Å². The second-order valence-corrected chi connectivity index (χ2v) is 5.73. The van der Waals surface area contributed by atoms with Crippen molar-refractivity contribution in [3.8, 4) is 11.1 Å². The number of aryl methyl sites for hydroxylation is 3. The third-order valence-electron chi connectivity index (χ3n) is 4.01. The van der Waals surface area contributed by atoms with Gasteiger partial charge in [0.2, 0.25) is 0 Å². The minimum Gasteiger partial charge on any atom is -0.0683 e. The van der Waals surface area contributed by atoms with Crippen LogP contribution in [-0.4, -0.2) is 0 Å². The van der Waals surface area contributed by atoms with Crippen LogP contribution < -0.4 is 0 Å². The van der Waals surface area contributed by atoms with Crippen LogP contribution in [0, 0.1) is 6.92 Å². The summed E-state index contributed by atoms with van der Waals surface area (Å²) in [6.45, 7) is 10.7. The molecule has 0 nitrogen and oxygen atoms in total. The zero-order chi connectivity index (χ0) is 14.7. The number of hydrogen-bond donors (Lipinski definition) is 0. The van der Waals surface area contributed by atoms with Crippen molar-refractivity contribution in [3.63, 3.8) is 0 Å². The molecule has 1 aliphatic carbocycles. The molecular weight excluding hydrogens is 240 g/mol. The van der Waals surface area contributed by atoms with Crippen LogP contribution >= 0.6 is 0 Å². The Hall–Kier alpha value is -1.56. The maximum atomic E-state index is 2.41. The molecule has 0 aliphatic heterocycles. The second kappa shape index (κ2) is 6.26. The molecule has 0 unspecified atom stereocenters. The first-order valence-corrected chi connectivity index (χ1v) is 7.88. The highest BCUT2D eigenvalue weighted by Crippen LogP contribution is 2.35. The largest absolute Gasteiger partial charge is 0.0683 e. The van der Waals surface area contributed by atoms with E-state index in [9.17, 15) is 0 Å². The number of hydrogen-bond acceptors (Lipinski definition) is 0. The molecule has 0 heteroatoms. The Morgan fingerprint density at radius 3 is 1.95 bits per heavy atom. The highest BCUT2D eigenvalue weighted by molar-refractivity contribution is 5.73. The van der Waals surface area contributed by atoms with E-state index in [-0.39, 0.29) is 0 Å². The lowest BCUT2D eigenvalue weighted by molar-refractivity contribution is 0.855. The third kappa shape index (κ3) is 2.80. The normalized spacial score (nSPS) is 12.3. The number of rotatable bonds is 1. The fraction of sp³-hybridized carbons (Fsp3) is 0.400.